The molecule has 0 bridgehead atoms. The van der Waals surface area contributed by atoms with Gasteiger partial charge in [0.2, 0.25) is 5.91 Å². The zero-order chi connectivity index (χ0) is 33.5. The molecule has 2 amide bonds. The first kappa shape index (κ1) is 33.9. The van der Waals surface area contributed by atoms with Gasteiger partial charge in [-0.3, -0.25) is 9.48 Å². The van der Waals surface area contributed by atoms with Gasteiger partial charge in [-0.1, -0.05) is 0 Å². The lowest BCUT2D eigenvalue weighted by Crippen LogP contribution is -2.40. The van der Waals surface area contributed by atoms with Gasteiger partial charge in [-0.25, -0.2) is 14.8 Å². The molecule has 0 spiro atoms. The second-order valence-corrected chi connectivity index (χ2v) is 13.4. The van der Waals surface area contributed by atoms with E-state index in [1.807, 2.05) is 42.9 Å². The fraction of sp³-hybridized carbons (Fsp3) is 0.556. The Balaban J connectivity index is 1.29. The summed E-state index contributed by atoms with van der Waals surface area (Å²) in [7, 11) is 1.55. The van der Waals surface area contributed by atoms with Gasteiger partial charge < -0.3 is 20.1 Å². The summed E-state index contributed by atoms with van der Waals surface area (Å²) in [6.45, 7) is 7.85. The lowest BCUT2D eigenvalue weighted by molar-refractivity contribution is -0.120. The molecule has 2 saturated carbocycles. The summed E-state index contributed by atoms with van der Waals surface area (Å²) < 4.78 is 12.5. The summed E-state index contributed by atoms with van der Waals surface area (Å²) in [4.78, 5) is 35.0. The summed E-state index contributed by atoms with van der Waals surface area (Å²) >= 11 is 0. The lowest BCUT2D eigenvalue weighted by atomic mass is 9.77. The van der Waals surface area contributed by atoms with Crippen LogP contribution in [0.4, 0.5) is 10.6 Å². The van der Waals surface area contributed by atoms with E-state index in [1.54, 1.807) is 13.3 Å². The van der Waals surface area contributed by atoms with Crippen LogP contribution in [-0.4, -0.2) is 51.0 Å². The smallest absolute Gasteiger partial charge is 0.407 e. The molecule has 2 aliphatic rings. The molecule has 2 N–H and O–H groups in total. The molecular weight excluding hydrogens is 594 g/mol. The second-order valence-electron chi connectivity index (χ2n) is 13.4. The number of nitrogens with one attached hydrogen (secondary N) is 2. The standard InChI is InChI=1S/C36H47N7O4/c1-22(2)43-21-27(20-39-43)29-16-17-38-34(42-35(44)26-10-12-28(13-11-26)40-36(45)47-23(3)4)30(29)18-24-6-8-25(9-7-24)31-14-15-33(46-5)32(19-37)41-31/h14-17,20-26,28H,6-13,18H2,1-5H3,(H,40,45)(H,38,42,44). The van der Waals surface area contributed by atoms with Crippen molar-refractivity contribution in [2.75, 3.05) is 12.4 Å². The van der Waals surface area contributed by atoms with Crippen LogP contribution < -0.4 is 15.4 Å². The van der Waals surface area contributed by atoms with Crippen molar-refractivity contribution in [2.24, 2.45) is 11.8 Å². The predicted molar refractivity (Wildman–Crippen MR) is 179 cm³/mol. The quantitative estimate of drug-likeness (QED) is 0.242. The minimum absolute atomic E-state index is 0.00883. The molecular formula is C36H47N7O4. The molecule has 11 heteroatoms. The van der Waals surface area contributed by atoms with Crippen molar-refractivity contribution < 1.29 is 19.1 Å². The Morgan fingerprint density at radius 2 is 1.79 bits per heavy atom. The van der Waals surface area contributed by atoms with E-state index in [2.05, 4.69) is 46.8 Å². The monoisotopic (exact) mass is 641 g/mol. The molecule has 3 heterocycles. The van der Waals surface area contributed by atoms with Gasteiger partial charge in [-0.05, 0) is 115 Å². The number of rotatable bonds is 10. The van der Waals surface area contributed by atoms with Crippen molar-refractivity contribution in [2.45, 2.75) is 110 Å². The lowest BCUT2D eigenvalue weighted by Gasteiger charge is -2.30. The molecule has 0 radical (unpaired) electrons. The van der Waals surface area contributed by atoms with Crippen LogP contribution in [0.15, 0.2) is 36.8 Å². The first-order valence-corrected chi connectivity index (χ1v) is 16.9. The third-order valence-corrected chi connectivity index (χ3v) is 9.47. The third-order valence-electron chi connectivity index (χ3n) is 9.47. The molecule has 0 aliphatic heterocycles. The molecule has 47 heavy (non-hydrogen) atoms. The van der Waals surface area contributed by atoms with Gasteiger partial charge in [0.05, 0.1) is 19.4 Å². The Morgan fingerprint density at radius 3 is 2.43 bits per heavy atom. The number of methoxy groups -OCH3 is 1. The molecule has 0 saturated heterocycles. The van der Waals surface area contributed by atoms with Crippen LogP contribution in [-0.2, 0) is 16.0 Å². The Kier molecular flexibility index (Phi) is 11.1. The summed E-state index contributed by atoms with van der Waals surface area (Å²) in [6, 6.07) is 8.23. The van der Waals surface area contributed by atoms with Gasteiger partial charge in [-0.15, -0.1) is 0 Å². The number of amides is 2. The number of nitrogens with zero attached hydrogens (tertiary/aromatic N) is 5. The van der Waals surface area contributed by atoms with E-state index in [-0.39, 0.29) is 35.9 Å². The van der Waals surface area contributed by atoms with Crippen molar-refractivity contribution in [1.29, 1.82) is 5.26 Å². The van der Waals surface area contributed by atoms with Gasteiger partial charge in [0.25, 0.3) is 0 Å². The number of alkyl carbamates (subject to hydrolysis) is 1. The van der Waals surface area contributed by atoms with Crippen molar-refractivity contribution in [3.63, 3.8) is 0 Å². The highest BCUT2D eigenvalue weighted by atomic mass is 16.6. The fourth-order valence-corrected chi connectivity index (χ4v) is 6.85. The van der Waals surface area contributed by atoms with E-state index in [4.69, 9.17) is 14.5 Å². The number of anilines is 1. The molecule has 3 aromatic rings. The highest BCUT2D eigenvalue weighted by Crippen LogP contribution is 2.40. The number of carbonyl (C=O) groups is 2. The van der Waals surface area contributed by atoms with Gasteiger partial charge in [-0.2, -0.15) is 10.4 Å². The Morgan fingerprint density at radius 1 is 1.04 bits per heavy atom. The number of carbonyl (C=O) groups excluding carboxylic acids is 2. The van der Waals surface area contributed by atoms with Gasteiger partial charge >= 0.3 is 6.09 Å². The zero-order valence-corrected chi connectivity index (χ0v) is 28.2. The van der Waals surface area contributed by atoms with Crippen molar-refractivity contribution >= 4 is 17.8 Å². The Hall–Kier alpha value is -4.46. The van der Waals surface area contributed by atoms with Crippen molar-refractivity contribution in [1.82, 2.24) is 25.1 Å². The summed E-state index contributed by atoms with van der Waals surface area (Å²) in [5.41, 5.74) is 4.35. The molecule has 250 valence electrons. The number of ether oxygens (including phenoxy) is 2. The maximum Gasteiger partial charge on any atom is 0.407 e. The average molecular weight is 642 g/mol. The Labute approximate surface area is 277 Å². The molecule has 2 aliphatic carbocycles. The molecule has 11 nitrogen and oxygen atoms in total. The predicted octanol–water partition coefficient (Wildman–Crippen LogP) is 6.95. The maximum absolute atomic E-state index is 13.6. The highest BCUT2D eigenvalue weighted by Gasteiger charge is 2.30. The molecule has 2 fully saturated rings. The SMILES string of the molecule is COc1ccc(C2CCC(Cc3c(-c4cnn(C(C)C)c4)ccnc3NC(=O)C3CCC(NC(=O)OC(C)C)CC3)CC2)nc1C#N. The normalized spacial score (nSPS) is 21.2. The first-order chi connectivity index (χ1) is 22.6. The first-order valence-electron chi connectivity index (χ1n) is 16.9. The number of hydrogen-bond donors (Lipinski definition) is 2. The van der Waals surface area contributed by atoms with Gasteiger partial charge in [0.15, 0.2) is 11.4 Å². The number of pyridine rings is 2. The van der Waals surface area contributed by atoms with E-state index in [9.17, 15) is 14.9 Å². The van der Waals surface area contributed by atoms with Crippen molar-refractivity contribution in [3.8, 4) is 22.9 Å². The van der Waals surface area contributed by atoms with E-state index in [0.717, 1.165) is 67.3 Å². The summed E-state index contributed by atoms with van der Waals surface area (Å²) in [5, 5.41) is 20.2. The number of aromatic nitrogens is 4. The maximum atomic E-state index is 13.6. The summed E-state index contributed by atoms with van der Waals surface area (Å²) in [6.07, 6.45) is 12.7. The van der Waals surface area contributed by atoms with Crippen LogP contribution in [0.2, 0.25) is 0 Å². The van der Waals surface area contributed by atoms with E-state index < -0.39 is 6.09 Å². The van der Waals surface area contributed by atoms with Crippen LogP contribution in [0.3, 0.4) is 0 Å². The molecule has 5 rings (SSSR count). The van der Waals surface area contributed by atoms with Crippen LogP contribution in [0, 0.1) is 23.2 Å². The number of nitriles is 1. The van der Waals surface area contributed by atoms with E-state index in [0.29, 0.717) is 36.0 Å². The molecule has 3 aromatic heterocycles. The average Bonchev–Trinajstić information content (AvgIpc) is 3.56. The third kappa shape index (κ3) is 8.47. The topological polar surface area (TPSA) is 144 Å². The van der Waals surface area contributed by atoms with Crippen LogP contribution in [0.25, 0.3) is 11.1 Å². The highest BCUT2D eigenvalue weighted by molar-refractivity contribution is 5.93. The zero-order valence-electron chi connectivity index (χ0n) is 28.2. The molecule has 0 unspecified atom stereocenters. The molecule has 0 aromatic carbocycles. The van der Waals surface area contributed by atoms with E-state index >= 15 is 0 Å². The van der Waals surface area contributed by atoms with Gasteiger partial charge in [0, 0.05) is 53.1 Å². The number of hydrogen-bond acceptors (Lipinski definition) is 8. The minimum Gasteiger partial charge on any atom is -0.494 e. The molecule has 0 atom stereocenters. The van der Waals surface area contributed by atoms with E-state index in [1.165, 1.54) is 0 Å². The van der Waals surface area contributed by atoms with Crippen LogP contribution in [0.5, 0.6) is 5.75 Å². The second kappa shape index (κ2) is 15.4. The Bertz CT molecular complexity index is 1580. The summed E-state index contributed by atoms with van der Waals surface area (Å²) in [5.74, 6) is 1.63. The largest absolute Gasteiger partial charge is 0.494 e. The van der Waals surface area contributed by atoms with Crippen LogP contribution >= 0.6 is 0 Å². The van der Waals surface area contributed by atoms with Gasteiger partial charge in [0.1, 0.15) is 11.9 Å². The fourth-order valence-electron chi connectivity index (χ4n) is 6.85. The van der Waals surface area contributed by atoms with Crippen molar-refractivity contribution in [3.05, 3.63) is 53.7 Å². The van der Waals surface area contributed by atoms with Crippen LogP contribution in [0.1, 0.15) is 108 Å². The minimum atomic E-state index is -0.402.